The van der Waals surface area contributed by atoms with Crippen molar-refractivity contribution >= 4 is 5.97 Å². The molecule has 0 amide bonds. The van der Waals surface area contributed by atoms with Gasteiger partial charge in [-0.1, -0.05) is 5.21 Å². The largest absolute Gasteiger partial charge is 0.508 e. The minimum Gasteiger partial charge on any atom is -0.508 e. The molecule has 2 aromatic rings. The lowest BCUT2D eigenvalue weighted by Crippen LogP contribution is -2.01. The van der Waals surface area contributed by atoms with Gasteiger partial charge in [0, 0.05) is 6.42 Å². The molecule has 1 aromatic carbocycles. The van der Waals surface area contributed by atoms with E-state index in [1.165, 1.54) is 0 Å². The van der Waals surface area contributed by atoms with Gasteiger partial charge in [-0.15, -0.1) is 5.10 Å². The first-order valence-electron chi connectivity index (χ1n) is 5.50. The lowest BCUT2D eigenvalue weighted by Gasteiger charge is -2.03. The van der Waals surface area contributed by atoms with E-state index in [1.54, 1.807) is 28.9 Å². The molecular weight excluding hydrogens is 234 g/mol. The van der Waals surface area contributed by atoms with Crippen LogP contribution in [0.4, 0.5) is 0 Å². The summed E-state index contributed by atoms with van der Waals surface area (Å²) in [5, 5.41) is 25.8. The van der Waals surface area contributed by atoms with Crippen molar-refractivity contribution in [3.63, 3.8) is 0 Å². The smallest absolute Gasteiger partial charge is 0.303 e. The van der Waals surface area contributed by atoms with E-state index < -0.39 is 5.97 Å². The predicted octanol–water partition coefficient (Wildman–Crippen LogP) is 1.30. The molecule has 18 heavy (non-hydrogen) atoms. The molecule has 6 nitrogen and oxygen atoms in total. The molecule has 1 aromatic heterocycles. The number of aromatic nitrogens is 3. The van der Waals surface area contributed by atoms with Crippen LogP contribution in [0.15, 0.2) is 24.3 Å². The van der Waals surface area contributed by atoms with Crippen LogP contribution in [0, 0.1) is 6.92 Å². The van der Waals surface area contributed by atoms with E-state index in [0.29, 0.717) is 12.1 Å². The zero-order valence-electron chi connectivity index (χ0n) is 9.87. The van der Waals surface area contributed by atoms with E-state index in [0.717, 1.165) is 11.4 Å². The number of rotatable bonds is 4. The fourth-order valence-electron chi connectivity index (χ4n) is 1.66. The number of carboxylic acid groups (broad SMARTS) is 1. The number of carboxylic acids is 1. The lowest BCUT2D eigenvalue weighted by molar-refractivity contribution is -0.136. The standard InChI is InChI=1S/C12H13N3O3/c1-8-11(6-7-12(17)18)13-14-15(8)9-2-4-10(16)5-3-9/h2-5,16H,6-7H2,1H3,(H,17,18). The minimum atomic E-state index is -0.853. The second-order valence-electron chi connectivity index (χ2n) is 3.94. The fourth-order valence-corrected chi connectivity index (χ4v) is 1.66. The van der Waals surface area contributed by atoms with Crippen molar-refractivity contribution in [2.24, 2.45) is 0 Å². The highest BCUT2D eigenvalue weighted by atomic mass is 16.4. The number of phenolic OH excluding ortho intramolecular Hbond substituents is 1. The van der Waals surface area contributed by atoms with E-state index in [2.05, 4.69) is 10.3 Å². The molecule has 0 atom stereocenters. The molecule has 0 spiro atoms. The van der Waals surface area contributed by atoms with Crippen LogP contribution >= 0.6 is 0 Å². The van der Waals surface area contributed by atoms with E-state index in [-0.39, 0.29) is 12.2 Å². The second-order valence-corrected chi connectivity index (χ2v) is 3.94. The van der Waals surface area contributed by atoms with Gasteiger partial charge in [-0.3, -0.25) is 4.79 Å². The number of carbonyl (C=O) groups is 1. The van der Waals surface area contributed by atoms with Gasteiger partial charge < -0.3 is 10.2 Å². The molecule has 2 rings (SSSR count). The number of hydrogen-bond acceptors (Lipinski definition) is 4. The van der Waals surface area contributed by atoms with Crippen LogP contribution in [0.2, 0.25) is 0 Å². The Hall–Kier alpha value is -2.37. The van der Waals surface area contributed by atoms with Gasteiger partial charge in [-0.25, -0.2) is 4.68 Å². The molecule has 0 aliphatic rings. The summed E-state index contributed by atoms with van der Waals surface area (Å²) in [5.41, 5.74) is 2.26. The Labute approximate surface area is 103 Å². The third kappa shape index (κ3) is 2.48. The first-order valence-corrected chi connectivity index (χ1v) is 5.50. The Morgan fingerprint density at radius 3 is 2.61 bits per heavy atom. The quantitative estimate of drug-likeness (QED) is 0.850. The van der Waals surface area contributed by atoms with Crippen molar-refractivity contribution in [3.8, 4) is 11.4 Å². The third-order valence-electron chi connectivity index (χ3n) is 2.66. The van der Waals surface area contributed by atoms with Gasteiger partial charge >= 0.3 is 5.97 Å². The lowest BCUT2D eigenvalue weighted by atomic mass is 10.2. The van der Waals surface area contributed by atoms with Gasteiger partial charge in [-0.2, -0.15) is 0 Å². The van der Waals surface area contributed by atoms with Crippen molar-refractivity contribution in [2.75, 3.05) is 0 Å². The predicted molar refractivity (Wildman–Crippen MR) is 63.7 cm³/mol. The highest BCUT2D eigenvalue weighted by molar-refractivity contribution is 5.67. The summed E-state index contributed by atoms with van der Waals surface area (Å²) in [4.78, 5) is 10.5. The summed E-state index contributed by atoms with van der Waals surface area (Å²) in [6.45, 7) is 1.84. The molecule has 94 valence electrons. The summed E-state index contributed by atoms with van der Waals surface area (Å²) in [7, 11) is 0. The zero-order valence-corrected chi connectivity index (χ0v) is 9.87. The number of nitrogens with zero attached hydrogens (tertiary/aromatic N) is 3. The molecule has 0 aliphatic carbocycles. The van der Waals surface area contributed by atoms with Gasteiger partial charge in [0.15, 0.2) is 0 Å². The van der Waals surface area contributed by atoms with Crippen LogP contribution < -0.4 is 0 Å². The molecule has 2 N–H and O–H groups in total. The number of aromatic hydroxyl groups is 1. The van der Waals surface area contributed by atoms with E-state index in [9.17, 15) is 9.90 Å². The number of aliphatic carboxylic acids is 1. The normalized spacial score (nSPS) is 10.5. The van der Waals surface area contributed by atoms with Crippen LogP contribution in [-0.4, -0.2) is 31.2 Å². The Balaban J connectivity index is 2.25. The number of benzene rings is 1. The van der Waals surface area contributed by atoms with Gasteiger partial charge in [0.05, 0.1) is 23.5 Å². The number of hydrogen-bond donors (Lipinski definition) is 2. The maximum absolute atomic E-state index is 10.5. The van der Waals surface area contributed by atoms with Crippen LogP contribution in [-0.2, 0) is 11.2 Å². The summed E-state index contributed by atoms with van der Waals surface area (Å²) in [6, 6.07) is 6.57. The second kappa shape index (κ2) is 4.87. The van der Waals surface area contributed by atoms with Gasteiger partial charge in [0.2, 0.25) is 0 Å². The molecule has 0 unspecified atom stereocenters. The Morgan fingerprint density at radius 2 is 2.00 bits per heavy atom. The number of phenols is 1. The monoisotopic (exact) mass is 247 g/mol. The van der Waals surface area contributed by atoms with E-state index >= 15 is 0 Å². The van der Waals surface area contributed by atoms with Gasteiger partial charge in [0.1, 0.15) is 5.75 Å². The van der Waals surface area contributed by atoms with Crippen molar-refractivity contribution in [2.45, 2.75) is 19.8 Å². The molecule has 1 heterocycles. The number of aryl methyl sites for hydroxylation is 1. The van der Waals surface area contributed by atoms with E-state index in [1.807, 2.05) is 6.92 Å². The fraction of sp³-hybridized carbons (Fsp3) is 0.250. The molecule has 0 radical (unpaired) electrons. The van der Waals surface area contributed by atoms with Crippen LogP contribution in [0.25, 0.3) is 5.69 Å². The van der Waals surface area contributed by atoms with Crippen molar-refractivity contribution in [3.05, 3.63) is 35.7 Å². The van der Waals surface area contributed by atoms with Gasteiger partial charge in [-0.05, 0) is 31.2 Å². The van der Waals surface area contributed by atoms with Gasteiger partial charge in [0.25, 0.3) is 0 Å². The first kappa shape index (κ1) is 12.1. The molecule has 0 saturated heterocycles. The van der Waals surface area contributed by atoms with Crippen molar-refractivity contribution in [1.29, 1.82) is 0 Å². The van der Waals surface area contributed by atoms with Crippen LogP contribution in [0.3, 0.4) is 0 Å². The Kier molecular flexibility index (Phi) is 3.27. The van der Waals surface area contributed by atoms with Crippen LogP contribution in [0.1, 0.15) is 17.8 Å². The average Bonchev–Trinajstić information content (AvgIpc) is 2.69. The van der Waals surface area contributed by atoms with E-state index in [4.69, 9.17) is 5.11 Å². The maximum atomic E-state index is 10.5. The molecule has 6 heteroatoms. The summed E-state index contributed by atoms with van der Waals surface area (Å²) >= 11 is 0. The Bertz CT molecular complexity index is 560. The molecule has 0 aliphatic heterocycles. The topological polar surface area (TPSA) is 88.2 Å². The summed E-state index contributed by atoms with van der Waals surface area (Å²) in [6.07, 6.45) is 0.397. The minimum absolute atomic E-state index is 0.0368. The third-order valence-corrected chi connectivity index (χ3v) is 2.66. The first-order chi connectivity index (χ1) is 8.58. The summed E-state index contributed by atoms with van der Waals surface area (Å²) in [5.74, 6) is -0.670. The van der Waals surface area contributed by atoms with Crippen molar-refractivity contribution < 1.29 is 15.0 Å². The highest BCUT2D eigenvalue weighted by Crippen LogP contribution is 2.16. The average molecular weight is 247 g/mol. The highest BCUT2D eigenvalue weighted by Gasteiger charge is 2.11. The molecular formula is C12H13N3O3. The molecule has 0 bridgehead atoms. The Morgan fingerprint density at radius 1 is 1.33 bits per heavy atom. The molecule has 0 saturated carbocycles. The van der Waals surface area contributed by atoms with Crippen LogP contribution in [0.5, 0.6) is 5.75 Å². The SMILES string of the molecule is Cc1c(CCC(=O)O)nnn1-c1ccc(O)cc1. The summed E-state index contributed by atoms with van der Waals surface area (Å²) < 4.78 is 1.62. The van der Waals surface area contributed by atoms with Crippen molar-refractivity contribution in [1.82, 2.24) is 15.0 Å². The zero-order chi connectivity index (χ0) is 13.1. The maximum Gasteiger partial charge on any atom is 0.303 e. The molecule has 0 fully saturated rings.